The lowest BCUT2D eigenvalue weighted by Crippen LogP contribution is -2.22. The minimum atomic E-state index is -1.36. The number of hydrogen-bond donors (Lipinski definition) is 1. The number of carboxylic acid groups (broad SMARTS) is 1. The lowest BCUT2D eigenvalue weighted by Gasteiger charge is -2.12. The number of halogens is 2. The number of aromatic nitrogens is 2. The van der Waals surface area contributed by atoms with E-state index in [2.05, 4.69) is 21.0 Å². The monoisotopic (exact) mass is 342 g/mol. The van der Waals surface area contributed by atoms with Crippen molar-refractivity contribution in [1.82, 2.24) is 9.78 Å². The van der Waals surface area contributed by atoms with Crippen LogP contribution < -0.4 is 5.43 Å². The second-order valence-electron chi connectivity index (χ2n) is 3.81. The largest absolute Gasteiger partial charge is 0.476 e. The predicted octanol–water partition coefficient (Wildman–Crippen LogP) is 2.66. The van der Waals surface area contributed by atoms with E-state index in [4.69, 9.17) is 16.7 Å². The fourth-order valence-corrected chi connectivity index (χ4v) is 2.17. The first kappa shape index (κ1) is 13.8. The molecule has 19 heavy (non-hydrogen) atoms. The zero-order valence-electron chi connectivity index (χ0n) is 9.72. The number of carbonyl (C=O) groups is 1. The Labute approximate surface area is 121 Å². The molecular weight excluding hydrogens is 335 g/mol. The molecule has 1 aromatic heterocycles. The Morgan fingerprint density at radius 3 is 2.74 bits per heavy atom. The van der Waals surface area contributed by atoms with E-state index in [-0.39, 0.29) is 0 Å². The van der Waals surface area contributed by atoms with Crippen molar-refractivity contribution in [2.75, 3.05) is 0 Å². The fourth-order valence-electron chi connectivity index (χ4n) is 1.59. The summed E-state index contributed by atoms with van der Waals surface area (Å²) in [6.45, 7) is 1.66. The van der Waals surface area contributed by atoms with E-state index in [1.165, 1.54) is 10.7 Å². The van der Waals surface area contributed by atoms with Gasteiger partial charge in [0.25, 0.3) is 0 Å². The molecule has 0 amide bonds. The van der Waals surface area contributed by atoms with Crippen molar-refractivity contribution in [2.45, 2.75) is 6.92 Å². The van der Waals surface area contributed by atoms with Gasteiger partial charge in [-0.1, -0.05) is 11.6 Å². The molecular formula is C12H8BrClN2O3. The van der Waals surface area contributed by atoms with E-state index < -0.39 is 17.1 Å². The number of aromatic carboxylic acids is 1. The lowest BCUT2D eigenvalue weighted by atomic mass is 10.3. The van der Waals surface area contributed by atoms with Crippen LogP contribution in [0.25, 0.3) is 5.69 Å². The van der Waals surface area contributed by atoms with Crippen LogP contribution in [0, 0.1) is 6.92 Å². The normalized spacial score (nSPS) is 10.5. The Balaban J connectivity index is 2.75. The molecule has 0 bridgehead atoms. The minimum Gasteiger partial charge on any atom is -0.476 e. The fraction of sp³-hybridized carbons (Fsp3) is 0.0833. The van der Waals surface area contributed by atoms with Gasteiger partial charge in [-0.15, -0.1) is 0 Å². The molecule has 0 aliphatic rings. The van der Waals surface area contributed by atoms with Gasteiger partial charge in [-0.05, 0) is 41.1 Å². The highest BCUT2D eigenvalue weighted by atomic mass is 79.9. The third-order valence-electron chi connectivity index (χ3n) is 2.45. The number of carboxylic acids is 1. The summed E-state index contributed by atoms with van der Waals surface area (Å²) >= 11 is 9.25. The Kier molecular flexibility index (Phi) is 3.73. The highest BCUT2D eigenvalue weighted by Gasteiger charge is 2.15. The molecule has 0 saturated heterocycles. The molecule has 1 aromatic carbocycles. The van der Waals surface area contributed by atoms with Gasteiger partial charge in [0.15, 0.2) is 0 Å². The Bertz CT molecular complexity index is 727. The van der Waals surface area contributed by atoms with Gasteiger partial charge in [0, 0.05) is 21.3 Å². The third-order valence-corrected chi connectivity index (χ3v) is 3.35. The molecule has 1 heterocycles. The highest BCUT2D eigenvalue weighted by Crippen LogP contribution is 2.24. The van der Waals surface area contributed by atoms with E-state index in [1.807, 2.05) is 0 Å². The summed E-state index contributed by atoms with van der Waals surface area (Å²) < 4.78 is 2.05. The molecule has 0 radical (unpaired) electrons. The topological polar surface area (TPSA) is 72.2 Å². The van der Waals surface area contributed by atoms with Crippen molar-refractivity contribution in [3.63, 3.8) is 0 Å². The van der Waals surface area contributed by atoms with E-state index in [1.54, 1.807) is 25.1 Å². The maximum absolute atomic E-state index is 11.5. The van der Waals surface area contributed by atoms with Crippen molar-refractivity contribution in [1.29, 1.82) is 0 Å². The van der Waals surface area contributed by atoms with Crippen LogP contribution in [-0.2, 0) is 0 Å². The van der Waals surface area contributed by atoms with Gasteiger partial charge in [-0.2, -0.15) is 5.10 Å². The predicted molar refractivity (Wildman–Crippen MR) is 74.2 cm³/mol. The summed E-state index contributed by atoms with van der Waals surface area (Å²) in [6, 6.07) is 6.26. The van der Waals surface area contributed by atoms with E-state index in [0.717, 1.165) is 0 Å². The van der Waals surface area contributed by atoms with Crippen LogP contribution in [0.5, 0.6) is 0 Å². The van der Waals surface area contributed by atoms with E-state index in [9.17, 15) is 9.59 Å². The molecule has 0 unspecified atom stereocenters. The average molecular weight is 344 g/mol. The second kappa shape index (κ2) is 5.14. The van der Waals surface area contributed by atoms with Crippen LogP contribution in [0.15, 0.2) is 33.5 Å². The molecule has 5 nitrogen and oxygen atoms in total. The van der Waals surface area contributed by atoms with Crippen LogP contribution in [0.4, 0.5) is 0 Å². The van der Waals surface area contributed by atoms with Crippen LogP contribution in [0.1, 0.15) is 16.2 Å². The summed E-state index contributed by atoms with van der Waals surface area (Å²) in [4.78, 5) is 22.5. The van der Waals surface area contributed by atoms with Crippen molar-refractivity contribution in [3.05, 3.63) is 55.4 Å². The molecule has 0 aliphatic carbocycles. The first-order valence-corrected chi connectivity index (χ1v) is 6.37. The first-order valence-electron chi connectivity index (χ1n) is 5.20. The van der Waals surface area contributed by atoms with Gasteiger partial charge in [-0.25, -0.2) is 9.48 Å². The summed E-state index contributed by atoms with van der Waals surface area (Å²) in [5.74, 6) is -1.36. The quantitative estimate of drug-likeness (QED) is 0.910. The number of hydrogen-bond acceptors (Lipinski definition) is 3. The molecule has 0 atom stereocenters. The Morgan fingerprint density at radius 1 is 1.42 bits per heavy atom. The van der Waals surface area contributed by atoms with Gasteiger partial charge >= 0.3 is 5.97 Å². The van der Waals surface area contributed by atoms with E-state index in [0.29, 0.717) is 20.9 Å². The minimum absolute atomic E-state index is 0.481. The SMILES string of the molecule is Cc1cc(=O)c(C(=O)O)nn1-c1cc(Cl)ccc1Br. The van der Waals surface area contributed by atoms with Crippen molar-refractivity contribution >= 4 is 33.5 Å². The smallest absolute Gasteiger partial charge is 0.360 e. The summed E-state index contributed by atoms with van der Waals surface area (Å²) in [7, 11) is 0. The zero-order valence-corrected chi connectivity index (χ0v) is 12.1. The maximum atomic E-state index is 11.5. The Hall–Kier alpha value is -1.66. The van der Waals surface area contributed by atoms with Crippen LogP contribution in [-0.4, -0.2) is 20.9 Å². The van der Waals surface area contributed by atoms with Gasteiger partial charge in [0.2, 0.25) is 11.1 Å². The van der Waals surface area contributed by atoms with Crippen LogP contribution >= 0.6 is 27.5 Å². The maximum Gasteiger partial charge on any atom is 0.360 e. The summed E-state index contributed by atoms with van der Waals surface area (Å²) in [5.41, 5.74) is -0.0812. The molecule has 2 aromatic rings. The third kappa shape index (κ3) is 2.69. The number of aryl methyl sites for hydroxylation is 1. The van der Waals surface area contributed by atoms with Crippen LogP contribution in [0.2, 0.25) is 5.02 Å². The van der Waals surface area contributed by atoms with Crippen molar-refractivity contribution in [2.24, 2.45) is 0 Å². The van der Waals surface area contributed by atoms with Gasteiger partial charge in [0.1, 0.15) is 0 Å². The van der Waals surface area contributed by atoms with Crippen LogP contribution in [0.3, 0.4) is 0 Å². The summed E-state index contributed by atoms with van der Waals surface area (Å²) in [6.07, 6.45) is 0. The average Bonchev–Trinajstić information content (AvgIpc) is 2.32. The second-order valence-corrected chi connectivity index (χ2v) is 5.10. The van der Waals surface area contributed by atoms with Crippen molar-refractivity contribution in [3.8, 4) is 5.69 Å². The molecule has 0 spiro atoms. The molecule has 0 saturated carbocycles. The molecule has 0 aliphatic heterocycles. The lowest BCUT2D eigenvalue weighted by molar-refractivity contribution is 0.0686. The van der Waals surface area contributed by atoms with Gasteiger partial charge < -0.3 is 5.11 Å². The van der Waals surface area contributed by atoms with E-state index >= 15 is 0 Å². The van der Waals surface area contributed by atoms with Gasteiger partial charge in [-0.3, -0.25) is 4.79 Å². The molecule has 1 N–H and O–H groups in total. The zero-order chi connectivity index (χ0) is 14.2. The molecule has 2 rings (SSSR count). The van der Waals surface area contributed by atoms with Gasteiger partial charge in [0.05, 0.1) is 5.69 Å². The molecule has 98 valence electrons. The molecule has 0 fully saturated rings. The number of rotatable bonds is 2. The van der Waals surface area contributed by atoms with Crippen molar-refractivity contribution < 1.29 is 9.90 Å². The number of nitrogens with zero attached hydrogens (tertiary/aromatic N) is 2. The molecule has 7 heteroatoms. The first-order chi connectivity index (χ1) is 8.90. The highest BCUT2D eigenvalue weighted by molar-refractivity contribution is 9.10. The standard InChI is InChI=1S/C12H8BrClN2O3/c1-6-4-10(17)11(12(18)19)15-16(6)9-5-7(14)2-3-8(9)13/h2-5H,1H3,(H,18,19). The number of benzene rings is 1. The summed E-state index contributed by atoms with van der Waals surface area (Å²) in [5, 5.41) is 13.3. The Morgan fingerprint density at radius 2 is 2.11 bits per heavy atom.